The van der Waals surface area contributed by atoms with Crippen molar-refractivity contribution in [1.29, 1.82) is 0 Å². The predicted molar refractivity (Wildman–Crippen MR) is 99.4 cm³/mol. The van der Waals surface area contributed by atoms with E-state index in [2.05, 4.69) is 9.97 Å². The lowest BCUT2D eigenvalue weighted by Gasteiger charge is -2.36. The van der Waals surface area contributed by atoms with Crippen LogP contribution in [0.1, 0.15) is 32.0 Å². The molecule has 1 aliphatic rings. The van der Waals surface area contributed by atoms with E-state index in [1.807, 2.05) is 30.6 Å². The molecule has 3 rings (SSSR count). The van der Waals surface area contributed by atoms with Crippen LogP contribution >= 0.6 is 0 Å². The monoisotopic (exact) mass is 380 g/mol. The summed E-state index contributed by atoms with van der Waals surface area (Å²) in [6.45, 7) is 8.19. The Morgan fingerprint density at radius 2 is 1.63 bits per heavy atom. The first-order valence-electron chi connectivity index (χ1n) is 8.83. The number of nitrogens with one attached hydrogen (secondary N) is 1. The van der Waals surface area contributed by atoms with Crippen molar-refractivity contribution in [2.45, 2.75) is 32.4 Å². The molecule has 5 nitrogen and oxygen atoms in total. The van der Waals surface area contributed by atoms with Crippen LogP contribution in [0.2, 0.25) is 0 Å². The number of halogens is 3. The molecule has 0 spiro atoms. The average molecular weight is 380 g/mol. The van der Waals surface area contributed by atoms with E-state index in [4.69, 9.17) is 0 Å². The van der Waals surface area contributed by atoms with E-state index in [9.17, 15) is 18.0 Å². The first-order chi connectivity index (χ1) is 12.5. The van der Waals surface area contributed by atoms with E-state index >= 15 is 0 Å². The van der Waals surface area contributed by atoms with E-state index in [0.29, 0.717) is 43.5 Å². The first-order valence-corrected chi connectivity index (χ1v) is 8.83. The molecule has 1 saturated heterocycles. The maximum Gasteiger partial charge on any atom is 0.416 e. The molecule has 1 aliphatic heterocycles. The van der Waals surface area contributed by atoms with Crippen LogP contribution in [0.3, 0.4) is 0 Å². The second-order valence-electron chi connectivity index (χ2n) is 7.73. The normalized spacial score (nSPS) is 15.9. The number of nitrogens with zero attached hydrogens (tertiary/aromatic N) is 3. The van der Waals surface area contributed by atoms with Crippen molar-refractivity contribution in [2.24, 2.45) is 0 Å². The maximum absolute atomic E-state index is 12.9. The number of aromatic nitrogens is 2. The predicted octanol–water partition coefficient (Wildman–Crippen LogP) is 3.41. The van der Waals surface area contributed by atoms with Crippen LogP contribution in [0.25, 0.3) is 0 Å². The fourth-order valence-corrected chi connectivity index (χ4v) is 3.03. The standard InChI is InChI=1S/C19H23F3N4O/c1-18(2,3)15-12-16(27)24-17(23-15)26-9-7-25(8-10-26)14-6-4-5-13(11-14)19(20,21)22/h4-6,11-12H,7-10H2,1-3H3,(H,23,24,27). The highest BCUT2D eigenvalue weighted by atomic mass is 19.4. The van der Waals surface area contributed by atoms with Crippen molar-refractivity contribution in [3.63, 3.8) is 0 Å². The van der Waals surface area contributed by atoms with Crippen molar-refractivity contribution in [1.82, 2.24) is 9.97 Å². The molecule has 0 unspecified atom stereocenters. The molecule has 146 valence electrons. The SMILES string of the molecule is CC(C)(C)c1cc(=O)[nH]c(N2CCN(c3cccc(C(F)(F)F)c3)CC2)n1. The molecule has 0 radical (unpaired) electrons. The fourth-order valence-electron chi connectivity index (χ4n) is 3.03. The molecule has 0 amide bonds. The van der Waals surface area contributed by atoms with E-state index in [1.165, 1.54) is 18.2 Å². The van der Waals surface area contributed by atoms with Gasteiger partial charge in [0.25, 0.3) is 5.56 Å². The summed E-state index contributed by atoms with van der Waals surface area (Å²) >= 11 is 0. The summed E-state index contributed by atoms with van der Waals surface area (Å²) in [7, 11) is 0. The molecular formula is C19H23F3N4O. The maximum atomic E-state index is 12.9. The Hall–Kier alpha value is -2.51. The number of benzene rings is 1. The van der Waals surface area contributed by atoms with Gasteiger partial charge in [-0.1, -0.05) is 26.8 Å². The van der Waals surface area contributed by atoms with Gasteiger partial charge in [0.2, 0.25) is 5.95 Å². The fraction of sp³-hybridized carbons (Fsp3) is 0.474. The summed E-state index contributed by atoms with van der Waals surface area (Å²) in [5, 5.41) is 0. The van der Waals surface area contributed by atoms with E-state index < -0.39 is 11.7 Å². The van der Waals surface area contributed by atoms with Crippen molar-refractivity contribution in [3.05, 3.63) is 51.9 Å². The van der Waals surface area contributed by atoms with Gasteiger partial charge < -0.3 is 9.80 Å². The van der Waals surface area contributed by atoms with Gasteiger partial charge in [-0.15, -0.1) is 0 Å². The lowest BCUT2D eigenvalue weighted by atomic mass is 9.92. The number of H-pyrrole nitrogens is 1. The van der Waals surface area contributed by atoms with Crippen molar-refractivity contribution < 1.29 is 13.2 Å². The van der Waals surface area contributed by atoms with Crippen LogP contribution in [0, 0.1) is 0 Å². The van der Waals surface area contributed by atoms with Gasteiger partial charge in [-0.3, -0.25) is 9.78 Å². The molecule has 0 aliphatic carbocycles. The Bertz CT molecular complexity index is 862. The minimum Gasteiger partial charge on any atom is -0.368 e. The Kier molecular flexibility index (Phi) is 4.92. The summed E-state index contributed by atoms with van der Waals surface area (Å²) in [5.74, 6) is 0.510. The Balaban J connectivity index is 1.75. The van der Waals surface area contributed by atoms with Gasteiger partial charge in [0.15, 0.2) is 0 Å². The van der Waals surface area contributed by atoms with Crippen LogP contribution in [-0.2, 0) is 11.6 Å². The number of rotatable bonds is 2. The van der Waals surface area contributed by atoms with Gasteiger partial charge in [-0.05, 0) is 18.2 Å². The number of alkyl halides is 3. The summed E-state index contributed by atoms with van der Waals surface area (Å²) in [4.78, 5) is 23.2. The number of piperazine rings is 1. The highest BCUT2D eigenvalue weighted by molar-refractivity contribution is 5.51. The zero-order chi connectivity index (χ0) is 19.8. The third-order valence-corrected chi connectivity index (χ3v) is 4.62. The van der Waals surface area contributed by atoms with Gasteiger partial charge in [0.1, 0.15) is 0 Å². The molecular weight excluding hydrogens is 357 g/mol. The lowest BCUT2D eigenvalue weighted by Crippen LogP contribution is -2.47. The molecule has 27 heavy (non-hydrogen) atoms. The van der Waals surface area contributed by atoms with Crippen molar-refractivity contribution in [2.75, 3.05) is 36.0 Å². The lowest BCUT2D eigenvalue weighted by molar-refractivity contribution is -0.137. The summed E-state index contributed by atoms with van der Waals surface area (Å²) in [6.07, 6.45) is -4.35. The zero-order valence-electron chi connectivity index (χ0n) is 15.6. The average Bonchev–Trinajstić information content (AvgIpc) is 2.60. The highest BCUT2D eigenvalue weighted by Crippen LogP contribution is 2.32. The molecule has 2 heterocycles. The zero-order valence-corrected chi connectivity index (χ0v) is 15.6. The molecule has 0 saturated carbocycles. The van der Waals surface area contributed by atoms with Gasteiger partial charge in [0.05, 0.1) is 11.3 Å². The topological polar surface area (TPSA) is 52.2 Å². The van der Waals surface area contributed by atoms with Gasteiger partial charge in [0, 0.05) is 43.3 Å². The molecule has 1 aromatic carbocycles. The smallest absolute Gasteiger partial charge is 0.368 e. The van der Waals surface area contributed by atoms with E-state index in [0.717, 1.165) is 6.07 Å². The third-order valence-electron chi connectivity index (χ3n) is 4.62. The minimum atomic E-state index is -4.35. The second-order valence-corrected chi connectivity index (χ2v) is 7.73. The largest absolute Gasteiger partial charge is 0.416 e. The van der Waals surface area contributed by atoms with Crippen LogP contribution in [-0.4, -0.2) is 36.1 Å². The number of anilines is 2. The highest BCUT2D eigenvalue weighted by Gasteiger charge is 2.31. The van der Waals surface area contributed by atoms with Crippen LogP contribution in [0.5, 0.6) is 0 Å². The molecule has 0 bridgehead atoms. The van der Waals surface area contributed by atoms with Crippen LogP contribution in [0.15, 0.2) is 35.1 Å². The first kappa shape index (κ1) is 19.3. The van der Waals surface area contributed by atoms with Crippen LogP contribution in [0.4, 0.5) is 24.8 Å². The number of hydrogen-bond acceptors (Lipinski definition) is 4. The van der Waals surface area contributed by atoms with Crippen LogP contribution < -0.4 is 15.4 Å². The van der Waals surface area contributed by atoms with Gasteiger partial charge >= 0.3 is 6.18 Å². The third kappa shape index (κ3) is 4.43. The molecule has 1 N–H and O–H groups in total. The molecule has 1 aromatic heterocycles. The Morgan fingerprint density at radius 1 is 1.00 bits per heavy atom. The van der Waals surface area contributed by atoms with Gasteiger partial charge in [-0.25, -0.2) is 4.98 Å². The quantitative estimate of drug-likeness (QED) is 0.868. The summed E-state index contributed by atoms with van der Waals surface area (Å²) < 4.78 is 38.8. The Morgan fingerprint density at radius 3 is 2.22 bits per heavy atom. The summed E-state index contributed by atoms with van der Waals surface area (Å²) in [6, 6.07) is 6.87. The van der Waals surface area contributed by atoms with Crippen molar-refractivity contribution >= 4 is 11.6 Å². The van der Waals surface area contributed by atoms with E-state index in [1.54, 1.807) is 6.07 Å². The summed E-state index contributed by atoms with van der Waals surface area (Å²) in [5.41, 5.74) is 0.163. The number of aromatic amines is 1. The Labute approximate surface area is 155 Å². The van der Waals surface area contributed by atoms with Crippen molar-refractivity contribution in [3.8, 4) is 0 Å². The van der Waals surface area contributed by atoms with Gasteiger partial charge in [-0.2, -0.15) is 13.2 Å². The molecule has 0 atom stereocenters. The molecule has 1 fully saturated rings. The minimum absolute atomic E-state index is 0.203. The number of hydrogen-bond donors (Lipinski definition) is 1. The van der Waals surface area contributed by atoms with E-state index in [-0.39, 0.29) is 11.0 Å². The second kappa shape index (κ2) is 6.90. The molecule has 8 heteroatoms. The molecule has 2 aromatic rings.